The molecule has 3 aliphatic rings. The molecular formula is C34H45ClN2O5S. The zero-order valence-corrected chi connectivity index (χ0v) is 27.0. The molecule has 0 saturated heterocycles. The average Bonchev–Trinajstić information content (AvgIpc) is 3.18. The van der Waals surface area contributed by atoms with Gasteiger partial charge in [-0.3, -0.25) is 9.52 Å². The van der Waals surface area contributed by atoms with Gasteiger partial charge >= 0.3 is 0 Å². The molecule has 2 aromatic carbocycles. The molecular weight excluding hydrogens is 584 g/mol. The van der Waals surface area contributed by atoms with Crippen LogP contribution in [0.25, 0.3) is 0 Å². The lowest BCUT2D eigenvalue weighted by Gasteiger charge is -2.43. The van der Waals surface area contributed by atoms with Crippen molar-refractivity contribution in [1.82, 2.24) is 4.72 Å². The number of aldehydes is 1. The van der Waals surface area contributed by atoms with Crippen LogP contribution in [0.15, 0.2) is 48.6 Å². The molecule has 43 heavy (non-hydrogen) atoms. The van der Waals surface area contributed by atoms with Crippen molar-refractivity contribution in [2.24, 2.45) is 17.8 Å². The maximum absolute atomic E-state index is 13.3. The maximum Gasteiger partial charge on any atom is 0.263 e. The van der Waals surface area contributed by atoms with E-state index in [1.165, 1.54) is 11.1 Å². The fourth-order valence-electron chi connectivity index (χ4n) is 6.59. The number of aryl methyl sites for hydroxylation is 1. The second kappa shape index (κ2) is 15.9. The molecule has 9 heteroatoms. The molecule has 2 aromatic rings. The van der Waals surface area contributed by atoms with Crippen LogP contribution in [0.1, 0.15) is 79.8 Å². The summed E-state index contributed by atoms with van der Waals surface area (Å²) in [5.74, 6) is 1.05. The Bertz CT molecular complexity index is 1320. The highest BCUT2D eigenvalue weighted by molar-refractivity contribution is 7.84. The Hall–Kier alpha value is -2.68. The molecule has 7 nitrogen and oxygen atoms in total. The number of allylic oxidation sites excluding steroid dienone is 2. The highest BCUT2D eigenvalue weighted by Gasteiger charge is 2.38. The maximum atomic E-state index is 13.3. The van der Waals surface area contributed by atoms with Crippen molar-refractivity contribution < 1.29 is 23.6 Å². The van der Waals surface area contributed by atoms with Crippen LogP contribution in [0.4, 0.5) is 5.69 Å². The van der Waals surface area contributed by atoms with Crippen LogP contribution in [0, 0.1) is 17.8 Å². The number of aliphatic hydroxyl groups excluding tert-OH is 1. The Morgan fingerprint density at radius 1 is 1.12 bits per heavy atom. The molecule has 6 unspecified atom stereocenters. The van der Waals surface area contributed by atoms with E-state index in [9.17, 15) is 13.8 Å². The van der Waals surface area contributed by atoms with E-state index < -0.39 is 11.0 Å². The number of carbonyl (C=O) groups excluding carboxylic acids is 2. The van der Waals surface area contributed by atoms with Crippen LogP contribution in [0.3, 0.4) is 0 Å². The number of hydrogen-bond acceptors (Lipinski definition) is 6. The zero-order chi connectivity index (χ0) is 30.9. The van der Waals surface area contributed by atoms with Crippen LogP contribution in [0.5, 0.6) is 5.75 Å². The summed E-state index contributed by atoms with van der Waals surface area (Å²) in [4.78, 5) is 27.8. The van der Waals surface area contributed by atoms with Gasteiger partial charge in [0.15, 0.2) is 0 Å². The number of benzene rings is 2. The first-order valence-electron chi connectivity index (χ1n) is 15.5. The van der Waals surface area contributed by atoms with Gasteiger partial charge in [0.2, 0.25) is 0 Å². The third kappa shape index (κ3) is 7.89. The second-order valence-electron chi connectivity index (χ2n) is 11.7. The molecule has 1 amide bonds. The predicted octanol–water partition coefficient (Wildman–Crippen LogP) is 6.25. The average molecular weight is 629 g/mol. The van der Waals surface area contributed by atoms with Crippen molar-refractivity contribution in [3.63, 3.8) is 0 Å². The van der Waals surface area contributed by atoms with Gasteiger partial charge in [-0.15, -0.1) is 0 Å². The van der Waals surface area contributed by atoms with Gasteiger partial charge in [-0.1, -0.05) is 50.1 Å². The lowest BCUT2D eigenvalue weighted by Crippen LogP contribution is -2.42. The summed E-state index contributed by atoms with van der Waals surface area (Å²) in [6.07, 6.45) is 11.4. The Kier molecular flexibility index (Phi) is 12.3. The molecule has 2 aliphatic heterocycles. The molecule has 1 saturated carbocycles. The van der Waals surface area contributed by atoms with E-state index in [2.05, 4.69) is 40.8 Å². The Morgan fingerprint density at radius 2 is 1.93 bits per heavy atom. The van der Waals surface area contributed by atoms with Crippen LogP contribution in [-0.2, 0) is 22.2 Å². The number of nitrogens with one attached hydrogen (secondary N) is 1. The molecule has 6 atom stereocenters. The summed E-state index contributed by atoms with van der Waals surface area (Å²) in [5.41, 5.74) is 3.84. The molecule has 0 aromatic heterocycles. The number of fused-ring (bicyclic) bond motifs is 2. The first-order chi connectivity index (χ1) is 20.9. The van der Waals surface area contributed by atoms with Crippen molar-refractivity contribution in [2.45, 2.75) is 70.0 Å². The third-order valence-corrected chi connectivity index (χ3v) is 10.9. The lowest BCUT2D eigenvalue weighted by atomic mass is 9.67. The number of rotatable bonds is 5. The van der Waals surface area contributed by atoms with Gasteiger partial charge in [0.1, 0.15) is 23.0 Å². The number of nitrogens with zero attached hydrogens (tertiary/aromatic N) is 1. The molecule has 0 radical (unpaired) electrons. The summed E-state index contributed by atoms with van der Waals surface area (Å²) in [6.45, 7) is 6.19. The number of aliphatic hydroxyl groups is 1. The molecule has 1 aliphatic carbocycles. The van der Waals surface area contributed by atoms with Crippen molar-refractivity contribution in [2.75, 3.05) is 31.7 Å². The topological polar surface area (TPSA) is 95.9 Å². The number of halogens is 1. The molecule has 2 bridgehead atoms. The van der Waals surface area contributed by atoms with Crippen molar-refractivity contribution in [3.05, 3.63) is 70.3 Å². The minimum atomic E-state index is -1.50. The SMILES string of the molecule is CCCc1cc(Cl)ccc1C1COc2ccc3cc2N(C1)CC1CCC1C(C=O)/C=C/CCC(CC)S(=O)NC3=O.CO. The smallest absolute Gasteiger partial charge is 0.263 e. The van der Waals surface area contributed by atoms with Gasteiger partial charge in [0.05, 0.1) is 17.5 Å². The van der Waals surface area contributed by atoms with E-state index in [1.54, 1.807) is 6.07 Å². The molecule has 2 heterocycles. The first-order valence-corrected chi connectivity index (χ1v) is 17.1. The lowest BCUT2D eigenvalue weighted by molar-refractivity contribution is -0.112. The highest BCUT2D eigenvalue weighted by atomic mass is 35.5. The molecule has 2 N–H and O–H groups in total. The summed E-state index contributed by atoms with van der Waals surface area (Å²) in [6, 6.07) is 11.7. The quantitative estimate of drug-likeness (QED) is 0.300. The van der Waals surface area contributed by atoms with Gasteiger partial charge in [0, 0.05) is 42.6 Å². The molecule has 5 rings (SSSR count). The van der Waals surface area contributed by atoms with E-state index in [0.717, 1.165) is 75.0 Å². The van der Waals surface area contributed by atoms with Crippen molar-refractivity contribution >= 4 is 40.5 Å². The Balaban J connectivity index is 0.00000207. The standard InChI is InChI=1S/C33H41ClN2O4S.CH4O/c1-3-7-22-16-27(34)12-14-29(22)26-19-36-18-24-10-13-30(24)25(20-37)8-5-6-9-28(4-2)41(39)35-33(38)23-11-15-32(40-21-26)31(36)17-23;1-2/h5,8,11-12,14-17,20,24-26,28,30H,3-4,6-7,9-10,13,18-19,21H2,1-2H3,(H,35,38);2H,1H3/b8-5+;. The van der Waals surface area contributed by atoms with Gasteiger partial charge < -0.3 is 19.5 Å². The third-order valence-electron chi connectivity index (χ3n) is 9.05. The van der Waals surface area contributed by atoms with Gasteiger partial charge in [-0.05, 0) is 91.8 Å². The van der Waals surface area contributed by atoms with E-state index in [-0.39, 0.29) is 28.9 Å². The Labute approximate surface area is 263 Å². The summed E-state index contributed by atoms with van der Waals surface area (Å²) in [5, 5.41) is 7.59. The van der Waals surface area contributed by atoms with Crippen LogP contribution < -0.4 is 14.4 Å². The fraction of sp³-hybridized carbons (Fsp3) is 0.529. The van der Waals surface area contributed by atoms with Crippen molar-refractivity contribution in [3.8, 4) is 5.75 Å². The normalized spacial score (nSPS) is 28.0. The van der Waals surface area contributed by atoms with Gasteiger partial charge in [-0.25, -0.2) is 4.21 Å². The monoisotopic (exact) mass is 628 g/mol. The summed E-state index contributed by atoms with van der Waals surface area (Å²) >= 11 is 6.39. The first kappa shape index (κ1) is 33.2. The minimum absolute atomic E-state index is 0.113. The van der Waals surface area contributed by atoms with Crippen molar-refractivity contribution in [1.29, 1.82) is 0 Å². The highest BCUT2D eigenvalue weighted by Crippen LogP contribution is 2.44. The number of carbonyl (C=O) groups is 2. The predicted molar refractivity (Wildman–Crippen MR) is 174 cm³/mol. The van der Waals surface area contributed by atoms with Crippen LogP contribution in [-0.4, -0.2) is 53.6 Å². The number of hydrogen-bond donors (Lipinski definition) is 2. The Morgan fingerprint density at radius 3 is 2.63 bits per heavy atom. The summed E-state index contributed by atoms with van der Waals surface area (Å²) in [7, 11) is -0.504. The van der Waals surface area contributed by atoms with E-state index in [0.29, 0.717) is 30.9 Å². The summed E-state index contributed by atoms with van der Waals surface area (Å²) < 4.78 is 22.3. The van der Waals surface area contributed by atoms with E-state index >= 15 is 0 Å². The van der Waals surface area contributed by atoms with Crippen LogP contribution >= 0.6 is 11.6 Å². The molecule has 234 valence electrons. The van der Waals surface area contributed by atoms with E-state index in [1.807, 2.05) is 25.1 Å². The van der Waals surface area contributed by atoms with Gasteiger partial charge in [0.25, 0.3) is 5.91 Å². The number of amides is 1. The number of ether oxygens (including phenoxy) is 1. The fourth-order valence-corrected chi connectivity index (χ4v) is 7.90. The molecule has 1 fully saturated rings. The largest absolute Gasteiger partial charge is 0.491 e. The molecule has 0 spiro atoms. The number of anilines is 1. The van der Waals surface area contributed by atoms with E-state index in [4.69, 9.17) is 21.4 Å². The zero-order valence-electron chi connectivity index (χ0n) is 25.5. The second-order valence-corrected chi connectivity index (χ2v) is 13.6. The van der Waals surface area contributed by atoms with Crippen LogP contribution in [0.2, 0.25) is 5.02 Å². The minimum Gasteiger partial charge on any atom is -0.491 e. The van der Waals surface area contributed by atoms with Gasteiger partial charge in [-0.2, -0.15) is 0 Å².